The van der Waals surface area contributed by atoms with Crippen LogP contribution in [0.4, 0.5) is 0 Å². The van der Waals surface area contributed by atoms with Crippen molar-refractivity contribution in [2.24, 2.45) is 5.92 Å². The van der Waals surface area contributed by atoms with E-state index in [0.29, 0.717) is 19.5 Å². The second-order valence-electron chi connectivity index (χ2n) is 6.78. The molecule has 2 N–H and O–H groups in total. The molecule has 5 heteroatoms. The minimum Gasteiger partial charge on any atom is -0.392 e. The second kappa shape index (κ2) is 7.66. The van der Waals surface area contributed by atoms with Crippen molar-refractivity contribution in [2.75, 3.05) is 13.1 Å². The van der Waals surface area contributed by atoms with Crippen LogP contribution in [0, 0.1) is 12.8 Å². The van der Waals surface area contributed by atoms with E-state index in [0.717, 1.165) is 24.1 Å². The number of hydrogen-bond acceptors (Lipinski definition) is 3. The van der Waals surface area contributed by atoms with Crippen LogP contribution in [-0.4, -0.2) is 40.1 Å². The summed E-state index contributed by atoms with van der Waals surface area (Å²) >= 11 is 0. The first-order chi connectivity index (χ1) is 12.0. The van der Waals surface area contributed by atoms with E-state index >= 15 is 0 Å². The number of carbonyl (C=O) groups is 1. The Bertz CT molecular complexity index is 777. The molecule has 3 rings (SSSR count). The van der Waals surface area contributed by atoms with Gasteiger partial charge in [0, 0.05) is 31.0 Å². The third-order valence-electron chi connectivity index (χ3n) is 4.95. The predicted molar refractivity (Wildman–Crippen MR) is 96.6 cm³/mol. The number of benzene rings is 1. The molecule has 1 aliphatic rings. The van der Waals surface area contributed by atoms with Gasteiger partial charge in [-0.3, -0.25) is 9.59 Å². The number of aryl methyl sites for hydroxylation is 1. The monoisotopic (exact) mass is 340 g/mol. The molecular formula is C20H24N2O3. The lowest BCUT2D eigenvalue weighted by Gasteiger charge is -2.34. The number of H-pyrrole nitrogens is 1. The molecule has 132 valence electrons. The molecule has 0 radical (unpaired) electrons. The van der Waals surface area contributed by atoms with E-state index < -0.39 is 6.10 Å². The Labute approximate surface area is 147 Å². The zero-order valence-electron chi connectivity index (χ0n) is 14.4. The fraction of sp³-hybridized carbons (Fsp3) is 0.400. The lowest BCUT2D eigenvalue weighted by atomic mass is 9.88. The number of aromatic amines is 1. The van der Waals surface area contributed by atoms with Gasteiger partial charge in [-0.05, 0) is 37.7 Å². The number of aliphatic hydroxyl groups excluding tert-OH is 1. The number of nitrogens with zero attached hydrogens (tertiary/aromatic N) is 1. The minimum absolute atomic E-state index is 0.181. The molecule has 1 aromatic heterocycles. The standard InChI is InChI=1S/C20H24N2O3/c1-14-11-19(24)17(13-21-14)20(25)22-9-7-16(8-10-22)18(23)12-15-5-3-2-4-6-15/h2-6,11,13,16,18,23H,7-10,12H2,1H3,(H,21,24)/t18-/m1/s1. The SMILES string of the molecule is Cc1cc(=O)c(C(=O)N2CCC([C@H](O)Cc3ccccc3)CC2)c[nH]1. The first-order valence-electron chi connectivity index (χ1n) is 8.75. The van der Waals surface area contributed by atoms with Gasteiger partial charge in [0.25, 0.3) is 5.91 Å². The maximum atomic E-state index is 12.5. The number of nitrogens with one attached hydrogen (secondary N) is 1. The number of aliphatic hydroxyl groups is 1. The molecule has 1 saturated heterocycles. The summed E-state index contributed by atoms with van der Waals surface area (Å²) in [4.78, 5) is 29.2. The minimum atomic E-state index is -0.401. The molecule has 0 unspecified atom stereocenters. The Morgan fingerprint density at radius 1 is 1.28 bits per heavy atom. The number of likely N-dealkylation sites (tertiary alicyclic amines) is 1. The third-order valence-corrected chi connectivity index (χ3v) is 4.95. The van der Waals surface area contributed by atoms with Crippen LogP contribution < -0.4 is 5.43 Å². The summed E-state index contributed by atoms with van der Waals surface area (Å²) in [6.45, 7) is 2.93. The van der Waals surface area contributed by atoms with Gasteiger partial charge in [0.15, 0.2) is 5.43 Å². The lowest BCUT2D eigenvalue weighted by Crippen LogP contribution is -2.43. The highest BCUT2D eigenvalue weighted by Gasteiger charge is 2.28. The number of carbonyl (C=O) groups excluding carboxylic acids is 1. The van der Waals surface area contributed by atoms with E-state index in [1.807, 2.05) is 30.3 Å². The fourth-order valence-electron chi connectivity index (χ4n) is 3.42. The summed E-state index contributed by atoms with van der Waals surface area (Å²) in [6, 6.07) is 11.4. The van der Waals surface area contributed by atoms with E-state index in [2.05, 4.69) is 4.98 Å². The zero-order valence-corrected chi connectivity index (χ0v) is 14.4. The zero-order chi connectivity index (χ0) is 17.8. The second-order valence-corrected chi connectivity index (χ2v) is 6.78. The normalized spacial score (nSPS) is 16.6. The number of pyridine rings is 1. The van der Waals surface area contributed by atoms with Gasteiger partial charge in [-0.15, -0.1) is 0 Å². The summed E-state index contributed by atoms with van der Waals surface area (Å²) in [5.41, 5.74) is 1.81. The van der Waals surface area contributed by atoms with Crippen LogP contribution in [0.25, 0.3) is 0 Å². The van der Waals surface area contributed by atoms with Crippen LogP contribution in [0.1, 0.15) is 34.5 Å². The largest absolute Gasteiger partial charge is 0.392 e. The average Bonchev–Trinajstić information content (AvgIpc) is 2.62. The molecule has 2 heterocycles. The van der Waals surface area contributed by atoms with E-state index in [4.69, 9.17) is 0 Å². The Morgan fingerprint density at radius 2 is 1.96 bits per heavy atom. The van der Waals surface area contributed by atoms with E-state index in [9.17, 15) is 14.7 Å². The highest BCUT2D eigenvalue weighted by Crippen LogP contribution is 2.23. The maximum Gasteiger partial charge on any atom is 0.259 e. The molecule has 1 aromatic carbocycles. The molecular weight excluding hydrogens is 316 g/mol. The molecule has 1 amide bonds. The van der Waals surface area contributed by atoms with Gasteiger partial charge in [0.05, 0.1) is 6.10 Å². The van der Waals surface area contributed by atoms with Crippen molar-refractivity contribution in [2.45, 2.75) is 32.3 Å². The van der Waals surface area contributed by atoms with Gasteiger partial charge in [0.1, 0.15) is 5.56 Å². The molecule has 5 nitrogen and oxygen atoms in total. The van der Waals surface area contributed by atoms with Gasteiger partial charge in [-0.25, -0.2) is 0 Å². The van der Waals surface area contributed by atoms with Crippen LogP contribution in [0.3, 0.4) is 0 Å². The van der Waals surface area contributed by atoms with Crippen molar-refractivity contribution < 1.29 is 9.90 Å². The Kier molecular flexibility index (Phi) is 5.34. The summed E-state index contributed by atoms with van der Waals surface area (Å²) in [5.74, 6) is -0.0437. The molecule has 0 spiro atoms. The van der Waals surface area contributed by atoms with Crippen LogP contribution in [0.2, 0.25) is 0 Å². The molecule has 25 heavy (non-hydrogen) atoms. The van der Waals surface area contributed by atoms with Crippen LogP contribution >= 0.6 is 0 Å². The first-order valence-corrected chi connectivity index (χ1v) is 8.75. The predicted octanol–water partition coefficient (Wildman–Crippen LogP) is 2.14. The average molecular weight is 340 g/mol. The van der Waals surface area contributed by atoms with Crippen molar-refractivity contribution in [3.8, 4) is 0 Å². The Morgan fingerprint density at radius 3 is 2.60 bits per heavy atom. The van der Waals surface area contributed by atoms with Gasteiger partial charge in [-0.2, -0.15) is 0 Å². The van der Waals surface area contributed by atoms with E-state index in [-0.39, 0.29) is 22.8 Å². The van der Waals surface area contributed by atoms with Crippen molar-refractivity contribution in [3.05, 3.63) is 69.6 Å². The van der Waals surface area contributed by atoms with Crippen molar-refractivity contribution in [3.63, 3.8) is 0 Å². The lowest BCUT2D eigenvalue weighted by molar-refractivity contribution is 0.0466. The van der Waals surface area contributed by atoms with Crippen LogP contribution in [0.15, 0.2) is 47.4 Å². The van der Waals surface area contributed by atoms with Crippen molar-refractivity contribution in [1.29, 1.82) is 0 Å². The Hall–Kier alpha value is -2.40. The number of amides is 1. The molecule has 1 atom stereocenters. The van der Waals surface area contributed by atoms with Crippen LogP contribution in [-0.2, 0) is 6.42 Å². The third kappa shape index (κ3) is 4.17. The number of aromatic nitrogens is 1. The van der Waals surface area contributed by atoms with Gasteiger partial charge < -0.3 is 15.0 Å². The van der Waals surface area contributed by atoms with Crippen LogP contribution in [0.5, 0.6) is 0 Å². The molecule has 0 aliphatic carbocycles. The highest BCUT2D eigenvalue weighted by atomic mass is 16.3. The molecule has 0 bridgehead atoms. The quantitative estimate of drug-likeness (QED) is 0.895. The van der Waals surface area contributed by atoms with Gasteiger partial charge in [-0.1, -0.05) is 30.3 Å². The van der Waals surface area contributed by atoms with Crippen molar-refractivity contribution in [1.82, 2.24) is 9.88 Å². The highest BCUT2D eigenvalue weighted by molar-refractivity contribution is 5.93. The summed E-state index contributed by atoms with van der Waals surface area (Å²) in [7, 11) is 0. The van der Waals surface area contributed by atoms with Gasteiger partial charge >= 0.3 is 0 Å². The first kappa shape index (κ1) is 17.4. The Balaban J connectivity index is 1.58. The summed E-state index contributed by atoms with van der Waals surface area (Å²) < 4.78 is 0. The smallest absolute Gasteiger partial charge is 0.259 e. The number of rotatable bonds is 4. The molecule has 2 aromatic rings. The number of piperidine rings is 1. The van der Waals surface area contributed by atoms with Crippen molar-refractivity contribution >= 4 is 5.91 Å². The number of hydrogen-bond donors (Lipinski definition) is 2. The van der Waals surface area contributed by atoms with E-state index in [1.165, 1.54) is 12.3 Å². The maximum absolute atomic E-state index is 12.5. The van der Waals surface area contributed by atoms with E-state index in [1.54, 1.807) is 11.8 Å². The van der Waals surface area contributed by atoms with Gasteiger partial charge in [0.2, 0.25) is 0 Å². The summed E-state index contributed by atoms with van der Waals surface area (Å²) in [5, 5.41) is 10.5. The topological polar surface area (TPSA) is 73.4 Å². The summed E-state index contributed by atoms with van der Waals surface area (Å²) in [6.07, 6.45) is 3.24. The fourth-order valence-corrected chi connectivity index (χ4v) is 3.42. The molecule has 1 aliphatic heterocycles. The molecule has 1 fully saturated rings. The molecule has 0 saturated carbocycles.